The van der Waals surface area contributed by atoms with Gasteiger partial charge in [0.05, 0.1) is 6.26 Å². The van der Waals surface area contributed by atoms with Gasteiger partial charge in [0.2, 0.25) is 0 Å². The van der Waals surface area contributed by atoms with Gasteiger partial charge in [0.1, 0.15) is 17.4 Å². The molecule has 1 aliphatic heterocycles. The SMILES string of the molecule is Cc1occc1C(=O)OC1CCC2C1=CC=C1C3=CC4CNNC4CC3CCC12. The van der Waals surface area contributed by atoms with Crippen LogP contribution in [0.5, 0.6) is 0 Å². The largest absolute Gasteiger partial charge is 0.469 e. The number of nitrogens with one attached hydrogen (secondary N) is 2. The van der Waals surface area contributed by atoms with E-state index in [1.807, 2.05) is 0 Å². The molecule has 4 aliphatic carbocycles. The van der Waals surface area contributed by atoms with Crippen LogP contribution in [0.4, 0.5) is 0 Å². The van der Waals surface area contributed by atoms with E-state index >= 15 is 0 Å². The molecule has 1 saturated heterocycles. The van der Waals surface area contributed by atoms with Crippen LogP contribution in [-0.2, 0) is 4.74 Å². The van der Waals surface area contributed by atoms with E-state index in [0.29, 0.717) is 41.0 Å². The highest BCUT2D eigenvalue weighted by Crippen LogP contribution is 2.53. The summed E-state index contributed by atoms with van der Waals surface area (Å²) in [6, 6.07) is 2.30. The fraction of sp³-hybridized carbons (Fsp3) is 0.542. The summed E-state index contributed by atoms with van der Waals surface area (Å²) in [5, 5.41) is 0. The third kappa shape index (κ3) is 2.78. The zero-order chi connectivity index (χ0) is 19.5. The van der Waals surface area contributed by atoms with Gasteiger partial charge >= 0.3 is 5.97 Å². The predicted octanol–water partition coefficient (Wildman–Crippen LogP) is 3.84. The molecule has 3 fully saturated rings. The molecule has 6 atom stereocenters. The molecule has 1 aromatic heterocycles. The van der Waals surface area contributed by atoms with Crippen LogP contribution in [0.2, 0.25) is 0 Å². The molecular weight excluding hydrogens is 364 g/mol. The van der Waals surface area contributed by atoms with Crippen LogP contribution in [0.3, 0.4) is 0 Å². The molecule has 0 radical (unpaired) electrons. The van der Waals surface area contributed by atoms with E-state index in [0.717, 1.165) is 19.4 Å². The molecule has 6 rings (SSSR count). The van der Waals surface area contributed by atoms with E-state index < -0.39 is 0 Å². The number of allylic oxidation sites excluding steroid dienone is 4. The molecule has 0 bridgehead atoms. The van der Waals surface area contributed by atoms with Crippen molar-refractivity contribution < 1.29 is 13.9 Å². The molecule has 0 aromatic carbocycles. The summed E-state index contributed by atoms with van der Waals surface area (Å²) in [5.41, 5.74) is 11.8. The van der Waals surface area contributed by atoms with E-state index in [-0.39, 0.29) is 12.1 Å². The molecule has 0 amide bonds. The molecule has 5 nitrogen and oxygen atoms in total. The number of carbonyl (C=O) groups excluding carboxylic acids is 1. The Labute approximate surface area is 171 Å². The van der Waals surface area contributed by atoms with Crippen LogP contribution in [0.25, 0.3) is 0 Å². The predicted molar refractivity (Wildman–Crippen MR) is 109 cm³/mol. The molecule has 2 N–H and O–H groups in total. The highest BCUT2D eigenvalue weighted by molar-refractivity contribution is 5.90. The number of fused-ring (bicyclic) bond motifs is 6. The third-order valence-electron chi connectivity index (χ3n) is 7.88. The lowest BCUT2D eigenvalue weighted by atomic mass is 9.62. The first kappa shape index (κ1) is 17.7. The Balaban J connectivity index is 1.26. The lowest BCUT2D eigenvalue weighted by molar-refractivity contribution is 0.0380. The standard InChI is InChI=1S/C24H28N2O3/c1-13-16(8-9-28-13)24(27)29-23-7-6-18-17-3-2-14-11-22-15(12-25-26-22)10-21(14)19(17)4-5-20(18)23/h4-5,8-10,14-15,17-18,22-23,25-26H,2-3,6-7,11-12H2,1H3. The number of furan rings is 1. The molecule has 1 aromatic rings. The summed E-state index contributed by atoms with van der Waals surface area (Å²) >= 11 is 0. The monoisotopic (exact) mass is 392 g/mol. The zero-order valence-electron chi connectivity index (χ0n) is 16.8. The number of ether oxygens (including phenoxy) is 1. The number of esters is 1. The number of hydrazine groups is 1. The summed E-state index contributed by atoms with van der Waals surface area (Å²) in [6.45, 7) is 2.84. The van der Waals surface area contributed by atoms with Gasteiger partial charge in [-0.15, -0.1) is 0 Å². The van der Waals surface area contributed by atoms with Crippen LogP contribution in [-0.4, -0.2) is 24.7 Å². The first-order valence-corrected chi connectivity index (χ1v) is 11.1. The highest BCUT2D eigenvalue weighted by atomic mass is 16.5. The van der Waals surface area contributed by atoms with E-state index in [1.165, 1.54) is 24.8 Å². The van der Waals surface area contributed by atoms with Gasteiger partial charge in [-0.05, 0) is 79.6 Å². The minimum atomic E-state index is -0.261. The Morgan fingerprint density at radius 2 is 2.03 bits per heavy atom. The maximum Gasteiger partial charge on any atom is 0.342 e. The van der Waals surface area contributed by atoms with Crippen molar-refractivity contribution in [1.29, 1.82) is 0 Å². The third-order valence-corrected chi connectivity index (χ3v) is 7.88. The summed E-state index contributed by atoms with van der Waals surface area (Å²) in [7, 11) is 0. The molecule has 152 valence electrons. The number of hydrogen-bond donors (Lipinski definition) is 2. The molecule has 29 heavy (non-hydrogen) atoms. The topological polar surface area (TPSA) is 63.5 Å². The van der Waals surface area contributed by atoms with Crippen molar-refractivity contribution in [1.82, 2.24) is 10.9 Å². The van der Waals surface area contributed by atoms with E-state index in [1.54, 1.807) is 30.4 Å². The van der Waals surface area contributed by atoms with Crippen LogP contribution in [0.1, 0.15) is 48.2 Å². The normalized spacial score (nSPS) is 37.5. The number of rotatable bonds is 2. The molecular formula is C24H28N2O3. The van der Waals surface area contributed by atoms with Gasteiger partial charge < -0.3 is 9.15 Å². The average Bonchev–Trinajstić information content (AvgIpc) is 3.45. The maximum absolute atomic E-state index is 12.6. The Bertz CT molecular complexity index is 940. The van der Waals surface area contributed by atoms with Gasteiger partial charge in [-0.25, -0.2) is 4.79 Å². The van der Waals surface area contributed by atoms with Crippen molar-refractivity contribution in [2.24, 2.45) is 23.7 Å². The molecule has 0 spiro atoms. The van der Waals surface area contributed by atoms with Crippen molar-refractivity contribution in [2.75, 3.05) is 6.54 Å². The minimum Gasteiger partial charge on any atom is -0.469 e. The van der Waals surface area contributed by atoms with E-state index in [4.69, 9.17) is 9.15 Å². The maximum atomic E-state index is 12.6. The molecule has 5 heteroatoms. The van der Waals surface area contributed by atoms with Crippen LogP contribution < -0.4 is 10.9 Å². The number of carbonyl (C=O) groups is 1. The second kappa shape index (κ2) is 6.71. The lowest BCUT2D eigenvalue weighted by Gasteiger charge is -2.43. The van der Waals surface area contributed by atoms with Crippen LogP contribution in [0, 0.1) is 30.6 Å². The fourth-order valence-electron chi connectivity index (χ4n) is 6.43. The van der Waals surface area contributed by atoms with Gasteiger partial charge in [0.25, 0.3) is 0 Å². The van der Waals surface area contributed by atoms with Crippen molar-refractivity contribution in [3.8, 4) is 0 Å². The molecule has 6 unspecified atom stereocenters. The smallest absolute Gasteiger partial charge is 0.342 e. The zero-order valence-corrected chi connectivity index (χ0v) is 16.8. The summed E-state index contributed by atoms with van der Waals surface area (Å²) in [4.78, 5) is 12.6. The number of aryl methyl sites for hydroxylation is 1. The number of hydrogen-bond acceptors (Lipinski definition) is 5. The van der Waals surface area contributed by atoms with Crippen LogP contribution >= 0.6 is 0 Å². The molecule has 2 heterocycles. The fourth-order valence-corrected chi connectivity index (χ4v) is 6.43. The van der Waals surface area contributed by atoms with E-state index in [9.17, 15) is 4.79 Å². The second-order valence-corrected chi connectivity index (χ2v) is 9.29. The van der Waals surface area contributed by atoms with E-state index in [2.05, 4.69) is 29.1 Å². The van der Waals surface area contributed by atoms with Crippen LogP contribution in [0.15, 0.2) is 51.7 Å². The average molecular weight is 392 g/mol. The van der Waals surface area contributed by atoms with Gasteiger partial charge in [0.15, 0.2) is 0 Å². The first-order chi connectivity index (χ1) is 14.2. The molecule has 5 aliphatic rings. The van der Waals surface area contributed by atoms with Crippen molar-refractivity contribution in [3.63, 3.8) is 0 Å². The van der Waals surface area contributed by atoms with Gasteiger partial charge in [-0.3, -0.25) is 10.9 Å². The second-order valence-electron chi connectivity index (χ2n) is 9.29. The van der Waals surface area contributed by atoms with Crippen molar-refractivity contribution in [3.05, 3.63) is 58.6 Å². The lowest BCUT2D eigenvalue weighted by Crippen LogP contribution is -2.39. The Morgan fingerprint density at radius 3 is 2.90 bits per heavy atom. The minimum absolute atomic E-state index is 0.0923. The molecule has 2 saturated carbocycles. The summed E-state index contributed by atoms with van der Waals surface area (Å²) in [5.74, 6) is 2.79. The van der Waals surface area contributed by atoms with Crippen molar-refractivity contribution in [2.45, 2.75) is 51.2 Å². The summed E-state index contributed by atoms with van der Waals surface area (Å²) in [6.07, 6.45) is 14.4. The quantitative estimate of drug-likeness (QED) is 0.749. The Kier molecular flexibility index (Phi) is 4.10. The summed E-state index contributed by atoms with van der Waals surface area (Å²) < 4.78 is 11.2. The van der Waals surface area contributed by atoms with Gasteiger partial charge in [0, 0.05) is 18.5 Å². The first-order valence-electron chi connectivity index (χ1n) is 11.1. The van der Waals surface area contributed by atoms with Crippen molar-refractivity contribution >= 4 is 5.97 Å². The van der Waals surface area contributed by atoms with Gasteiger partial charge in [-0.2, -0.15) is 0 Å². The Morgan fingerprint density at radius 1 is 1.14 bits per heavy atom. The Hall–Kier alpha value is -2.11. The van der Waals surface area contributed by atoms with Gasteiger partial charge in [-0.1, -0.05) is 18.2 Å². The highest BCUT2D eigenvalue weighted by Gasteiger charge is 2.46.